The van der Waals surface area contributed by atoms with Crippen molar-refractivity contribution in [3.05, 3.63) is 71.8 Å². The first kappa shape index (κ1) is 33.4. The van der Waals surface area contributed by atoms with Gasteiger partial charge in [-0.05, 0) is 163 Å². The Bertz CT molecular complexity index is 1270. The van der Waals surface area contributed by atoms with Crippen LogP contribution in [0.3, 0.4) is 0 Å². The van der Waals surface area contributed by atoms with E-state index in [0.29, 0.717) is 26.5 Å². The second-order valence-corrected chi connectivity index (χ2v) is 27.5. The quantitative estimate of drug-likeness (QED) is 0.233. The third-order valence-electron chi connectivity index (χ3n) is 15.0. The monoisotopic (exact) mass is 668 g/mol. The molecule has 8 bridgehead atoms. The van der Waals surface area contributed by atoms with Gasteiger partial charge in [-0.25, -0.2) is 0 Å². The summed E-state index contributed by atoms with van der Waals surface area (Å²) in [4.78, 5) is 0. The van der Waals surface area contributed by atoms with Gasteiger partial charge in [0.25, 0.3) is 0 Å². The number of hydrogen-bond donors (Lipinski definition) is 0. The summed E-state index contributed by atoms with van der Waals surface area (Å²) in [7, 11) is -0.350. The molecule has 0 heterocycles. The fourth-order valence-electron chi connectivity index (χ4n) is 14.3. The van der Waals surface area contributed by atoms with E-state index in [1.165, 1.54) is 12.3 Å². The molecule has 0 nitrogen and oxygen atoms in total. The van der Waals surface area contributed by atoms with Gasteiger partial charge in [-0.2, -0.15) is 0 Å². The van der Waals surface area contributed by atoms with Gasteiger partial charge in [0.05, 0.1) is 0 Å². The van der Waals surface area contributed by atoms with Crippen LogP contribution < -0.4 is 0 Å². The molecule has 8 aliphatic rings. The Labute approximate surface area is 291 Å². The zero-order valence-electron chi connectivity index (χ0n) is 31.1. The topological polar surface area (TPSA) is 0 Å². The Hall–Kier alpha value is -0.700. The lowest BCUT2D eigenvalue weighted by molar-refractivity contribution is 0.0181. The number of hydrogen-bond acceptors (Lipinski definition) is 0. The zero-order chi connectivity index (χ0) is 32.8. The van der Waals surface area contributed by atoms with Gasteiger partial charge in [0.1, 0.15) is 0 Å². The molecule has 8 fully saturated rings. The van der Waals surface area contributed by atoms with Gasteiger partial charge >= 0.3 is 0 Å². The summed E-state index contributed by atoms with van der Waals surface area (Å²) in [6.45, 7) is 18.2. The van der Waals surface area contributed by atoms with Gasteiger partial charge in [-0.1, -0.05) is 125 Å². The second kappa shape index (κ2) is 11.9. The predicted octanol–water partition coefficient (Wildman–Crippen LogP) is 13.2. The average molecular weight is 669 g/mol. The van der Waals surface area contributed by atoms with Crippen LogP contribution in [-0.4, -0.2) is 32.9 Å². The van der Waals surface area contributed by atoms with Crippen LogP contribution in [0.1, 0.15) is 143 Å². The van der Waals surface area contributed by atoms with Crippen LogP contribution in [0.25, 0.3) is 0 Å². The summed E-state index contributed by atoms with van der Waals surface area (Å²) in [5, 5.41) is 1.96. The maximum absolute atomic E-state index is 2.81. The molecular weight excluding hydrogens is 602 g/mol. The SMILES string of the molecule is CC(CP(C12CC3CC(CC(C3)C1)C2)C12CC3CC(CC(C3)C1)C2)(c1ccccc1)C(CP(C(C)(C)C)C(C)(C)C)c1ccccc1. The number of rotatable bonds is 9. The molecule has 0 radical (unpaired) electrons. The van der Waals surface area contributed by atoms with Crippen LogP contribution in [0.5, 0.6) is 0 Å². The van der Waals surface area contributed by atoms with Crippen molar-refractivity contribution >= 4 is 15.8 Å². The maximum Gasteiger partial charge on any atom is 0.00363 e. The van der Waals surface area contributed by atoms with E-state index in [-0.39, 0.29) is 21.3 Å². The minimum Gasteiger partial charge on any atom is -0.0950 e. The van der Waals surface area contributed by atoms with Crippen molar-refractivity contribution < 1.29 is 0 Å². The van der Waals surface area contributed by atoms with Crippen LogP contribution in [0, 0.1) is 35.5 Å². The van der Waals surface area contributed by atoms with Crippen molar-refractivity contribution in [2.75, 3.05) is 12.3 Å². The Morgan fingerprint density at radius 1 is 0.553 bits per heavy atom. The summed E-state index contributed by atoms with van der Waals surface area (Å²) in [5.41, 5.74) is 3.40. The molecule has 8 saturated carbocycles. The Morgan fingerprint density at radius 2 is 0.915 bits per heavy atom. The molecule has 256 valence electrons. The molecule has 0 aliphatic heterocycles. The summed E-state index contributed by atoms with van der Waals surface area (Å²) in [6.07, 6.45) is 21.9. The van der Waals surface area contributed by atoms with Gasteiger partial charge in [0, 0.05) is 5.41 Å². The van der Waals surface area contributed by atoms with Crippen molar-refractivity contribution in [1.29, 1.82) is 0 Å². The van der Waals surface area contributed by atoms with Crippen LogP contribution in [0.2, 0.25) is 0 Å². The maximum atomic E-state index is 2.81. The lowest BCUT2D eigenvalue weighted by atomic mass is 9.55. The smallest absolute Gasteiger partial charge is 0.00363 e. The highest BCUT2D eigenvalue weighted by molar-refractivity contribution is 7.61. The lowest BCUT2D eigenvalue weighted by Crippen LogP contribution is -2.58. The first-order chi connectivity index (χ1) is 22.2. The van der Waals surface area contributed by atoms with Crippen LogP contribution >= 0.6 is 15.8 Å². The first-order valence-corrected chi connectivity index (χ1v) is 23.0. The van der Waals surface area contributed by atoms with Crippen LogP contribution in [-0.2, 0) is 5.41 Å². The molecule has 2 atom stereocenters. The van der Waals surface area contributed by atoms with E-state index in [2.05, 4.69) is 109 Å². The Morgan fingerprint density at radius 3 is 1.28 bits per heavy atom. The summed E-state index contributed by atoms with van der Waals surface area (Å²) in [6, 6.07) is 24.2. The van der Waals surface area contributed by atoms with Crippen LogP contribution in [0.4, 0.5) is 0 Å². The normalized spacial score (nSPS) is 38.5. The van der Waals surface area contributed by atoms with Crippen molar-refractivity contribution in [1.82, 2.24) is 0 Å². The minimum atomic E-state index is -0.232. The third-order valence-corrected chi connectivity index (χ3v) is 23.4. The first-order valence-electron chi connectivity index (χ1n) is 19.9. The van der Waals surface area contributed by atoms with Gasteiger partial charge in [0.15, 0.2) is 0 Å². The molecule has 0 N–H and O–H groups in total. The van der Waals surface area contributed by atoms with E-state index < -0.39 is 0 Å². The molecule has 2 heteroatoms. The van der Waals surface area contributed by atoms with Crippen molar-refractivity contribution in [3.8, 4) is 0 Å². The molecule has 2 aromatic rings. The fraction of sp³-hybridized carbons (Fsp3) is 0.733. The molecule has 0 spiro atoms. The molecular formula is C45H66P2. The van der Waals surface area contributed by atoms with E-state index in [1.54, 1.807) is 88.2 Å². The molecule has 47 heavy (non-hydrogen) atoms. The Kier molecular flexibility index (Phi) is 8.49. The Balaban J connectivity index is 1.29. The van der Waals surface area contributed by atoms with E-state index in [9.17, 15) is 0 Å². The highest BCUT2D eigenvalue weighted by Crippen LogP contribution is 2.80. The molecule has 8 aliphatic carbocycles. The molecule has 0 saturated heterocycles. The summed E-state index contributed by atoms with van der Waals surface area (Å²) in [5.74, 6) is 6.81. The van der Waals surface area contributed by atoms with Crippen molar-refractivity contribution in [3.63, 3.8) is 0 Å². The molecule has 10 rings (SSSR count). The van der Waals surface area contributed by atoms with E-state index in [0.717, 1.165) is 35.5 Å². The minimum absolute atomic E-state index is 0.117. The second-order valence-electron chi connectivity index (χ2n) is 20.6. The fourth-order valence-corrected chi connectivity index (χ4v) is 24.0. The predicted molar refractivity (Wildman–Crippen MR) is 208 cm³/mol. The molecule has 2 aromatic carbocycles. The standard InChI is InChI=1S/C45H66P2/c1-41(2,3)46(42(4,5)6)30-40(38-14-10-8-11-15-38)43(7,39-16-12-9-13-17-39)31-47(44-24-32-18-33(25-44)20-34(19-32)26-44)45-27-35-21-36(28-45)23-37(22-35)29-45/h8-17,32-37,40H,18-31H2,1-7H3. The number of benzene rings is 2. The largest absolute Gasteiger partial charge is 0.0950 e. The molecule has 0 aromatic heterocycles. The average Bonchev–Trinajstić information content (AvgIpc) is 2.98. The molecule has 2 unspecified atom stereocenters. The lowest BCUT2D eigenvalue weighted by Gasteiger charge is -2.68. The highest BCUT2D eigenvalue weighted by atomic mass is 31.1. The van der Waals surface area contributed by atoms with Gasteiger partial charge < -0.3 is 0 Å². The van der Waals surface area contributed by atoms with E-state index in [1.807, 2.05) is 0 Å². The van der Waals surface area contributed by atoms with Gasteiger partial charge in [0.2, 0.25) is 0 Å². The van der Waals surface area contributed by atoms with E-state index >= 15 is 0 Å². The van der Waals surface area contributed by atoms with Crippen LogP contribution in [0.15, 0.2) is 60.7 Å². The van der Waals surface area contributed by atoms with Gasteiger partial charge in [-0.3, -0.25) is 0 Å². The zero-order valence-corrected chi connectivity index (χ0v) is 32.9. The highest BCUT2D eigenvalue weighted by Gasteiger charge is 2.64. The third kappa shape index (κ3) is 6.07. The van der Waals surface area contributed by atoms with Crippen molar-refractivity contribution in [2.45, 2.75) is 157 Å². The van der Waals surface area contributed by atoms with Gasteiger partial charge in [-0.15, -0.1) is 0 Å². The molecule has 0 amide bonds. The van der Waals surface area contributed by atoms with E-state index in [4.69, 9.17) is 0 Å². The van der Waals surface area contributed by atoms with Crippen molar-refractivity contribution in [2.24, 2.45) is 35.5 Å². The summed E-state index contributed by atoms with van der Waals surface area (Å²) < 4.78 is 0. The summed E-state index contributed by atoms with van der Waals surface area (Å²) >= 11 is 0.